The van der Waals surface area contributed by atoms with E-state index in [1.807, 2.05) is 48.5 Å². The third kappa shape index (κ3) is 8.13. The van der Waals surface area contributed by atoms with E-state index in [0.29, 0.717) is 5.56 Å². The number of carbonyl (C=O) groups excluding carboxylic acids is 2. The molecule has 0 amide bonds. The number of hydrogen-bond acceptors (Lipinski definition) is 6. The van der Waals surface area contributed by atoms with Crippen LogP contribution >= 0.6 is 0 Å². The van der Waals surface area contributed by atoms with Crippen molar-refractivity contribution in [2.75, 3.05) is 0 Å². The van der Waals surface area contributed by atoms with Crippen LogP contribution in [0.3, 0.4) is 0 Å². The lowest BCUT2D eigenvalue weighted by atomic mass is 9.89. The zero-order chi connectivity index (χ0) is 30.0. The largest absolute Gasteiger partial charge is 0.365 e. The van der Waals surface area contributed by atoms with Crippen molar-refractivity contribution >= 4 is 23.4 Å². The van der Waals surface area contributed by atoms with Crippen molar-refractivity contribution in [3.8, 4) is 0 Å². The van der Waals surface area contributed by atoms with Gasteiger partial charge in [0.2, 0.25) is 0 Å². The van der Waals surface area contributed by atoms with Gasteiger partial charge in [-0.1, -0.05) is 106 Å². The van der Waals surface area contributed by atoms with Crippen molar-refractivity contribution in [2.45, 2.75) is 58.8 Å². The number of hydrogen-bond donors (Lipinski definition) is 0. The number of fused-ring (bicyclic) bond motifs is 2. The fourth-order valence-corrected chi connectivity index (χ4v) is 5.40. The van der Waals surface area contributed by atoms with E-state index in [9.17, 15) is 9.59 Å². The minimum atomic E-state index is -0.415. The van der Waals surface area contributed by atoms with E-state index < -0.39 is 5.97 Å². The molecule has 2 aliphatic carbocycles. The molecule has 0 N–H and O–H groups in total. The van der Waals surface area contributed by atoms with Crippen molar-refractivity contribution in [3.05, 3.63) is 142 Å². The summed E-state index contributed by atoms with van der Waals surface area (Å²) in [5.41, 5.74) is 10.5. The predicted octanol–water partition coefficient (Wildman–Crippen LogP) is 7.71. The van der Waals surface area contributed by atoms with Gasteiger partial charge < -0.3 is 9.68 Å². The van der Waals surface area contributed by atoms with Gasteiger partial charge in [-0.3, -0.25) is 0 Å². The summed E-state index contributed by atoms with van der Waals surface area (Å²) in [5, 5.41) is 8.22. The summed E-state index contributed by atoms with van der Waals surface area (Å²) in [6.07, 6.45) is 6.16. The molecule has 43 heavy (non-hydrogen) atoms. The summed E-state index contributed by atoms with van der Waals surface area (Å²) < 4.78 is 0. The maximum Gasteiger partial charge on any atom is 0.365 e. The molecule has 0 aliphatic heterocycles. The molecule has 0 spiro atoms. The Morgan fingerprint density at radius 1 is 0.628 bits per heavy atom. The van der Waals surface area contributed by atoms with Crippen molar-refractivity contribution in [3.63, 3.8) is 0 Å². The highest BCUT2D eigenvalue weighted by Gasteiger charge is 2.18. The van der Waals surface area contributed by atoms with Crippen LogP contribution in [-0.4, -0.2) is 23.4 Å². The summed E-state index contributed by atoms with van der Waals surface area (Å²) in [6, 6.07) is 31.2. The Hall–Kier alpha value is -4.84. The molecule has 6 heteroatoms. The molecule has 6 rings (SSSR count). The van der Waals surface area contributed by atoms with Crippen LogP contribution in [0.15, 0.2) is 107 Å². The van der Waals surface area contributed by atoms with Crippen molar-refractivity contribution in [2.24, 2.45) is 10.3 Å². The van der Waals surface area contributed by atoms with Crippen LogP contribution in [-0.2, 0) is 33.7 Å². The first-order valence-electron chi connectivity index (χ1n) is 14.8. The number of oxime groups is 2. The van der Waals surface area contributed by atoms with Crippen LogP contribution in [0.4, 0.5) is 0 Å². The summed E-state index contributed by atoms with van der Waals surface area (Å²) in [4.78, 5) is 34.0. The highest BCUT2D eigenvalue weighted by molar-refractivity contribution is 6.03. The minimum Gasteiger partial charge on any atom is -0.318 e. The van der Waals surface area contributed by atoms with Gasteiger partial charge in [0.25, 0.3) is 0 Å². The smallest absolute Gasteiger partial charge is 0.318 e. The van der Waals surface area contributed by atoms with E-state index in [4.69, 9.17) is 9.68 Å². The van der Waals surface area contributed by atoms with Gasteiger partial charge in [-0.25, -0.2) is 9.59 Å². The number of aryl methyl sites for hydroxylation is 4. The molecule has 0 fully saturated rings. The molecule has 218 valence electrons. The zero-order valence-corrected chi connectivity index (χ0v) is 24.7. The Morgan fingerprint density at radius 3 is 1.70 bits per heavy atom. The van der Waals surface area contributed by atoms with Crippen molar-refractivity contribution in [1.82, 2.24) is 0 Å². The minimum absolute atomic E-state index is 0.248. The monoisotopic (exact) mass is 572 g/mol. The summed E-state index contributed by atoms with van der Waals surface area (Å²) in [7, 11) is 0. The maximum absolute atomic E-state index is 11.9. The lowest BCUT2D eigenvalue weighted by Crippen LogP contribution is -2.14. The second kappa shape index (κ2) is 14.4. The van der Waals surface area contributed by atoms with E-state index in [2.05, 4.69) is 60.6 Å². The van der Waals surface area contributed by atoms with Gasteiger partial charge in [-0.2, -0.15) is 0 Å². The zero-order valence-electron chi connectivity index (χ0n) is 24.7. The molecule has 0 saturated heterocycles. The molecule has 0 bridgehead atoms. The molecule has 4 aromatic rings. The number of benzene rings is 4. The normalized spacial score (nSPS) is 15.5. The molecule has 6 nitrogen and oxygen atoms in total. The van der Waals surface area contributed by atoms with Crippen LogP contribution in [0.2, 0.25) is 0 Å². The Kier molecular flexibility index (Phi) is 9.90. The van der Waals surface area contributed by atoms with Crippen LogP contribution in [0.5, 0.6) is 0 Å². The number of nitrogens with zero attached hydrogens (tertiary/aromatic N) is 2. The van der Waals surface area contributed by atoms with Gasteiger partial charge in [0, 0.05) is 11.1 Å². The third-order valence-electron chi connectivity index (χ3n) is 7.56. The first-order chi connectivity index (χ1) is 21.0. The molecule has 2 aliphatic rings. The first-order valence-corrected chi connectivity index (χ1v) is 14.8. The van der Waals surface area contributed by atoms with Gasteiger partial charge in [-0.15, -0.1) is 0 Å². The molecule has 0 unspecified atom stereocenters. The molecule has 0 radical (unpaired) electrons. The Labute approximate surface area is 253 Å². The number of carbonyl (C=O) groups is 2. The quantitative estimate of drug-likeness (QED) is 0.181. The van der Waals surface area contributed by atoms with Gasteiger partial charge in [-0.05, 0) is 81.2 Å². The molecule has 0 heterocycles. The van der Waals surface area contributed by atoms with E-state index in [1.54, 1.807) is 12.1 Å². The molecule has 0 aromatic heterocycles. The Balaban J connectivity index is 0.000000171. The molecular formula is C37H36N2O4. The summed E-state index contributed by atoms with van der Waals surface area (Å²) >= 11 is 0. The fraction of sp³-hybridized carbons (Fsp3) is 0.243. The maximum atomic E-state index is 11.9. The van der Waals surface area contributed by atoms with E-state index in [-0.39, 0.29) is 12.4 Å². The second-order valence-corrected chi connectivity index (χ2v) is 11.0. The lowest BCUT2D eigenvalue weighted by molar-refractivity contribution is -0.142. The number of rotatable bonds is 5. The summed E-state index contributed by atoms with van der Waals surface area (Å²) in [5.74, 6) is -0.736. The molecule has 0 saturated carbocycles. The third-order valence-corrected chi connectivity index (χ3v) is 7.56. The average molecular weight is 573 g/mol. The highest BCUT2D eigenvalue weighted by atomic mass is 16.7. The molecule has 0 atom stereocenters. The molecule has 4 aromatic carbocycles. The molecular weight excluding hydrogens is 536 g/mol. The lowest BCUT2D eigenvalue weighted by Gasteiger charge is -2.17. The predicted molar refractivity (Wildman–Crippen MR) is 169 cm³/mol. The van der Waals surface area contributed by atoms with Crippen molar-refractivity contribution < 1.29 is 19.3 Å². The average Bonchev–Trinajstić information content (AvgIpc) is 3.03. The first kappa shape index (κ1) is 29.6. The Morgan fingerprint density at radius 2 is 1.14 bits per heavy atom. The SMILES string of the molecule is Cc1ccc2c(c1)CCC/C2=N/OC(=O)Cc1ccccc1.Cc1ccc2c(c1)CCC/C2=N/OC(=O)c1ccccc1. The van der Waals surface area contributed by atoms with Gasteiger partial charge in [0.1, 0.15) is 0 Å². The van der Waals surface area contributed by atoms with Crippen LogP contribution < -0.4 is 0 Å². The standard InChI is InChI=1S/C19H19NO2.C18H17NO2/c1-14-10-11-17-16(12-14)8-5-9-18(17)20-22-19(21)13-15-6-3-2-4-7-15;1-13-10-11-16-15(12-13)8-5-9-17(16)19-21-18(20)14-6-3-2-4-7-14/h2-4,6-7,10-12H,5,8-9,13H2,1H3;2-4,6-7,10-12H,5,8-9H2,1H3/b20-18-;19-17-. The fourth-order valence-electron chi connectivity index (χ4n) is 5.40. The Bertz CT molecular complexity index is 1640. The van der Waals surface area contributed by atoms with Crippen LogP contribution in [0.25, 0.3) is 0 Å². The van der Waals surface area contributed by atoms with Crippen LogP contribution in [0.1, 0.15) is 75.0 Å². The topological polar surface area (TPSA) is 77.3 Å². The van der Waals surface area contributed by atoms with Gasteiger partial charge in [0.05, 0.1) is 23.4 Å². The highest BCUT2D eigenvalue weighted by Crippen LogP contribution is 2.24. The van der Waals surface area contributed by atoms with E-state index in [1.165, 1.54) is 22.3 Å². The summed E-state index contributed by atoms with van der Waals surface area (Å²) in [6.45, 7) is 4.17. The second-order valence-electron chi connectivity index (χ2n) is 11.0. The van der Waals surface area contributed by atoms with Crippen molar-refractivity contribution in [1.29, 1.82) is 0 Å². The van der Waals surface area contributed by atoms with Gasteiger partial charge in [0.15, 0.2) is 0 Å². The van der Waals surface area contributed by atoms with E-state index >= 15 is 0 Å². The van der Waals surface area contributed by atoms with E-state index in [0.717, 1.165) is 66.6 Å². The van der Waals surface area contributed by atoms with Gasteiger partial charge >= 0.3 is 11.9 Å². The van der Waals surface area contributed by atoms with Crippen LogP contribution in [0, 0.1) is 13.8 Å².